The quantitative estimate of drug-likeness (QED) is 0.893. The normalized spacial score (nSPS) is 16.6. The van der Waals surface area contributed by atoms with Crippen molar-refractivity contribution in [1.82, 2.24) is 15.3 Å². The van der Waals surface area contributed by atoms with Crippen molar-refractivity contribution < 1.29 is 18.3 Å². The number of amides is 1. The lowest BCUT2D eigenvalue weighted by atomic mass is 9.82. The van der Waals surface area contributed by atoms with E-state index < -0.39 is 23.1 Å². The van der Waals surface area contributed by atoms with Crippen molar-refractivity contribution in [2.24, 2.45) is 0 Å². The molecule has 0 bridgehead atoms. The van der Waals surface area contributed by atoms with Gasteiger partial charge in [0.2, 0.25) is 0 Å². The lowest BCUT2D eigenvalue weighted by Gasteiger charge is -2.38. The summed E-state index contributed by atoms with van der Waals surface area (Å²) in [6.45, 7) is 0.681. The van der Waals surface area contributed by atoms with Crippen LogP contribution >= 0.6 is 0 Å². The second kappa shape index (κ2) is 6.48. The predicted molar refractivity (Wildman–Crippen MR) is 82.0 cm³/mol. The zero-order valence-electron chi connectivity index (χ0n) is 12.8. The predicted octanol–water partition coefficient (Wildman–Crippen LogP) is 1.77. The molecule has 126 valence electrons. The first-order chi connectivity index (χ1) is 11.5. The van der Waals surface area contributed by atoms with E-state index in [-0.39, 0.29) is 17.1 Å². The minimum absolute atomic E-state index is 0.0169. The van der Waals surface area contributed by atoms with Gasteiger partial charge in [0.25, 0.3) is 5.91 Å². The molecule has 1 aromatic carbocycles. The van der Waals surface area contributed by atoms with E-state index in [4.69, 9.17) is 10.5 Å². The Morgan fingerprint density at radius 1 is 1.21 bits per heavy atom. The van der Waals surface area contributed by atoms with Crippen molar-refractivity contribution in [1.29, 1.82) is 0 Å². The van der Waals surface area contributed by atoms with Gasteiger partial charge in [0.1, 0.15) is 11.6 Å². The van der Waals surface area contributed by atoms with Crippen LogP contribution in [0, 0.1) is 11.6 Å². The molecule has 2 aromatic rings. The van der Waals surface area contributed by atoms with Crippen LogP contribution in [0.3, 0.4) is 0 Å². The molecule has 1 aromatic heterocycles. The number of anilines is 1. The Balaban J connectivity index is 1.97. The smallest absolute Gasteiger partial charge is 0.274 e. The lowest BCUT2D eigenvalue weighted by Crippen LogP contribution is -2.50. The summed E-state index contributed by atoms with van der Waals surface area (Å²) in [5.74, 6) is -1.98. The molecule has 2 heterocycles. The first kappa shape index (κ1) is 16.3. The van der Waals surface area contributed by atoms with Gasteiger partial charge in [0.15, 0.2) is 11.5 Å². The summed E-state index contributed by atoms with van der Waals surface area (Å²) in [7, 11) is 0. The topological polar surface area (TPSA) is 90.1 Å². The molecule has 1 amide bonds. The fraction of sp³-hybridized carbons (Fsp3) is 0.312. The van der Waals surface area contributed by atoms with Crippen molar-refractivity contribution in [3.63, 3.8) is 0 Å². The molecule has 1 aliphatic heterocycles. The highest BCUT2D eigenvalue weighted by Gasteiger charge is 2.39. The zero-order valence-corrected chi connectivity index (χ0v) is 12.8. The summed E-state index contributed by atoms with van der Waals surface area (Å²) in [5.41, 5.74) is 4.83. The van der Waals surface area contributed by atoms with Gasteiger partial charge in [-0.1, -0.05) is 6.07 Å². The Morgan fingerprint density at radius 3 is 2.58 bits per heavy atom. The minimum atomic E-state index is -1.02. The van der Waals surface area contributed by atoms with E-state index in [1.807, 2.05) is 0 Å². The Bertz CT molecular complexity index is 763. The van der Waals surface area contributed by atoms with Gasteiger partial charge in [-0.05, 0) is 18.9 Å². The minimum Gasteiger partial charge on any atom is -0.382 e. The highest BCUT2D eigenvalue weighted by molar-refractivity contribution is 5.96. The van der Waals surface area contributed by atoms with E-state index in [0.717, 1.165) is 6.07 Å². The van der Waals surface area contributed by atoms with E-state index in [0.29, 0.717) is 26.1 Å². The van der Waals surface area contributed by atoms with Crippen LogP contribution in [0.25, 0.3) is 0 Å². The number of ether oxygens (including phenoxy) is 1. The Hall–Kier alpha value is -2.61. The first-order valence-electron chi connectivity index (χ1n) is 7.44. The van der Waals surface area contributed by atoms with Crippen molar-refractivity contribution in [3.8, 4) is 0 Å². The highest BCUT2D eigenvalue weighted by atomic mass is 19.1. The van der Waals surface area contributed by atoms with Crippen molar-refractivity contribution >= 4 is 11.7 Å². The number of hydrogen-bond donors (Lipinski definition) is 2. The highest BCUT2D eigenvalue weighted by Crippen LogP contribution is 2.34. The maximum atomic E-state index is 14.3. The molecule has 24 heavy (non-hydrogen) atoms. The molecule has 0 saturated carbocycles. The fourth-order valence-corrected chi connectivity index (χ4v) is 2.86. The number of nitrogens with one attached hydrogen (secondary N) is 1. The Labute approximate surface area is 137 Å². The summed E-state index contributed by atoms with van der Waals surface area (Å²) in [6.07, 6.45) is 3.42. The van der Waals surface area contributed by atoms with E-state index in [1.165, 1.54) is 24.5 Å². The number of nitrogens with zero attached hydrogens (tertiary/aromatic N) is 2. The van der Waals surface area contributed by atoms with Crippen LogP contribution < -0.4 is 11.1 Å². The third-order valence-corrected chi connectivity index (χ3v) is 4.09. The van der Waals surface area contributed by atoms with Gasteiger partial charge in [-0.15, -0.1) is 0 Å². The number of rotatable bonds is 3. The average Bonchev–Trinajstić information content (AvgIpc) is 2.55. The van der Waals surface area contributed by atoms with E-state index >= 15 is 0 Å². The van der Waals surface area contributed by atoms with Crippen LogP contribution in [0.15, 0.2) is 30.6 Å². The van der Waals surface area contributed by atoms with Gasteiger partial charge in [-0.25, -0.2) is 18.7 Å². The van der Waals surface area contributed by atoms with Gasteiger partial charge in [0.05, 0.1) is 5.54 Å². The number of nitrogens with two attached hydrogens (primary N) is 1. The molecule has 0 unspecified atom stereocenters. The number of aromatic nitrogens is 2. The average molecular weight is 334 g/mol. The third kappa shape index (κ3) is 3.05. The van der Waals surface area contributed by atoms with E-state index in [9.17, 15) is 13.6 Å². The molecular formula is C16H16F2N4O2. The summed E-state index contributed by atoms with van der Waals surface area (Å²) in [6, 6.07) is 3.31. The van der Waals surface area contributed by atoms with E-state index in [2.05, 4.69) is 15.3 Å². The van der Waals surface area contributed by atoms with Crippen LogP contribution in [0.5, 0.6) is 0 Å². The third-order valence-electron chi connectivity index (χ3n) is 4.09. The molecule has 3 rings (SSSR count). The SMILES string of the molecule is Nc1nccnc1C(=O)NC1(c2ccc(F)cc2F)CCOCC1. The molecule has 0 spiro atoms. The van der Waals surface area contributed by atoms with Crippen LogP contribution in [0.1, 0.15) is 28.9 Å². The number of carbonyl (C=O) groups is 1. The van der Waals surface area contributed by atoms with Crippen LogP contribution in [-0.2, 0) is 10.3 Å². The molecule has 1 fully saturated rings. The van der Waals surface area contributed by atoms with Crippen molar-refractivity contribution in [2.45, 2.75) is 18.4 Å². The van der Waals surface area contributed by atoms with Gasteiger partial charge in [-0.2, -0.15) is 0 Å². The van der Waals surface area contributed by atoms with Crippen molar-refractivity contribution in [3.05, 3.63) is 53.5 Å². The van der Waals surface area contributed by atoms with Crippen molar-refractivity contribution in [2.75, 3.05) is 18.9 Å². The van der Waals surface area contributed by atoms with Crippen LogP contribution in [0.4, 0.5) is 14.6 Å². The second-order valence-electron chi connectivity index (χ2n) is 5.56. The molecule has 6 nitrogen and oxygen atoms in total. The Morgan fingerprint density at radius 2 is 1.92 bits per heavy atom. The van der Waals surface area contributed by atoms with E-state index in [1.54, 1.807) is 0 Å². The molecule has 1 saturated heterocycles. The summed E-state index contributed by atoms with van der Waals surface area (Å²) >= 11 is 0. The maximum Gasteiger partial charge on any atom is 0.274 e. The number of benzene rings is 1. The monoisotopic (exact) mass is 334 g/mol. The lowest BCUT2D eigenvalue weighted by molar-refractivity contribution is 0.0332. The molecule has 0 aliphatic carbocycles. The summed E-state index contributed by atoms with van der Waals surface area (Å²) in [4.78, 5) is 20.3. The number of hydrogen-bond acceptors (Lipinski definition) is 5. The molecule has 0 radical (unpaired) electrons. The zero-order chi connectivity index (χ0) is 17.2. The summed E-state index contributed by atoms with van der Waals surface area (Å²) in [5, 5.41) is 2.80. The standard InChI is InChI=1S/C16H16F2N4O2/c17-10-1-2-11(12(18)9-10)16(3-7-24-8-4-16)22-15(23)13-14(19)21-6-5-20-13/h1-2,5-6,9H,3-4,7-8H2,(H2,19,21)(H,22,23). The molecule has 3 N–H and O–H groups in total. The number of halogens is 2. The number of nitrogen functional groups attached to an aromatic ring is 1. The fourth-order valence-electron chi connectivity index (χ4n) is 2.86. The van der Waals surface area contributed by atoms with Gasteiger partial charge in [-0.3, -0.25) is 4.79 Å². The van der Waals surface area contributed by atoms with Gasteiger partial charge < -0.3 is 15.8 Å². The molecule has 0 atom stereocenters. The first-order valence-corrected chi connectivity index (χ1v) is 7.44. The van der Waals surface area contributed by atoms with Crippen LogP contribution in [0.2, 0.25) is 0 Å². The molecular weight excluding hydrogens is 318 g/mol. The molecule has 8 heteroatoms. The second-order valence-corrected chi connectivity index (χ2v) is 5.56. The van der Waals surface area contributed by atoms with Gasteiger partial charge >= 0.3 is 0 Å². The van der Waals surface area contributed by atoms with Crippen LogP contribution in [-0.4, -0.2) is 29.1 Å². The number of carbonyl (C=O) groups excluding carboxylic acids is 1. The maximum absolute atomic E-state index is 14.3. The largest absolute Gasteiger partial charge is 0.382 e. The Kier molecular flexibility index (Phi) is 4.39. The summed E-state index contributed by atoms with van der Waals surface area (Å²) < 4.78 is 32.9. The molecule has 1 aliphatic rings. The van der Waals surface area contributed by atoms with Gasteiger partial charge in [0, 0.05) is 37.2 Å².